The zero-order valence-corrected chi connectivity index (χ0v) is 10.1. The third-order valence-corrected chi connectivity index (χ3v) is 3.42. The molecule has 0 unspecified atom stereocenters. The maximum absolute atomic E-state index is 11.4. The van der Waals surface area contributed by atoms with Crippen molar-refractivity contribution in [2.24, 2.45) is 5.73 Å². The lowest BCUT2D eigenvalue weighted by molar-refractivity contribution is 0.452. The van der Waals surface area contributed by atoms with Crippen molar-refractivity contribution in [2.45, 2.75) is 26.3 Å². The van der Waals surface area contributed by atoms with Gasteiger partial charge < -0.3 is 10.2 Å². The molecule has 0 aromatic carbocycles. The van der Waals surface area contributed by atoms with Crippen molar-refractivity contribution in [2.75, 3.05) is 12.3 Å². The number of rotatable bonds is 7. The van der Waals surface area contributed by atoms with E-state index in [2.05, 4.69) is 9.71 Å². The van der Waals surface area contributed by atoms with Crippen LogP contribution in [-0.4, -0.2) is 25.7 Å². The Bertz CT molecular complexity index is 413. The molecule has 92 valence electrons. The Balaban J connectivity index is 2.44. The summed E-state index contributed by atoms with van der Waals surface area (Å²) < 4.78 is 30.5. The molecule has 1 aromatic heterocycles. The van der Waals surface area contributed by atoms with Crippen LogP contribution >= 0.6 is 0 Å². The predicted molar refractivity (Wildman–Crippen MR) is 60.2 cm³/mol. The summed E-state index contributed by atoms with van der Waals surface area (Å²) in [7, 11) is -3.27. The molecular formula is C9H17N3O3S. The van der Waals surface area contributed by atoms with Gasteiger partial charge in [0.15, 0.2) is 0 Å². The maximum Gasteiger partial charge on any atom is 0.212 e. The first-order valence-corrected chi connectivity index (χ1v) is 6.83. The number of nitrogens with one attached hydrogen (secondary N) is 1. The minimum atomic E-state index is -3.27. The van der Waals surface area contributed by atoms with E-state index in [0.29, 0.717) is 18.9 Å². The second kappa shape index (κ2) is 5.97. The van der Waals surface area contributed by atoms with Gasteiger partial charge in [0.2, 0.25) is 15.9 Å². The molecular weight excluding hydrogens is 230 g/mol. The molecule has 0 saturated carbocycles. The summed E-state index contributed by atoms with van der Waals surface area (Å²) in [6, 6.07) is 0. The van der Waals surface area contributed by atoms with Gasteiger partial charge >= 0.3 is 0 Å². The van der Waals surface area contributed by atoms with Crippen LogP contribution in [0.2, 0.25) is 0 Å². The molecule has 0 aliphatic carbocycles. The van der Waals surface area contributed by atoms with Crippen LogP contribution in [0.1, 0.15) is 25.0 Å². The van der Waals surface area contributed by atoms with Crippen LogP contribution in [-0.2, 0) is 23.0 Å². The summed E-state index contributed by atoms with van der Waals surface area (Å²) in [6.45, 7) is 2.39. The van der Waals surface area contributed by atoms with Gasteiger partial charge in [-0.1, -0.05) is 6.92 Å². The molecule has 0 saturated heterocycles. The number of hydrogen-bond acceptors (Lipinski definition) is 5. The van der Waals surface area contributed by atoms with E-state index in [9.17, 15) is 8.42 Å². The Morgan fingerprint density at radius 1 is 1.56 bits per heavy atom. The van der Waals surface area contributed by atoms with Gasteiger partial charge in [0.05, 0.1) is 18.5 Å². The summed E-state index contributed by atoms with van der Waals surface area (Å²) in [5.74, 6) is 1.16. The van der Waals surface area contributed by atoms with Crippen molar-refractivity contribution in [3.05, 3.63) is 17.8 Å². The number of nitrogens with zero attached hydrogens (tertiary/aromatic N) is 1. The normalized spacial score (nSPS) is 11.9. The fraction of sp³-hybridized carbons (Fsp3) is 0.667. The lowest BCUT2D eigenvalue weighted by Gasteiger charge is -2.03. The summed E-state index contributed by atoms with van der Waals surface area (Å²) in [4.78, 5) is 3.95. The van der Waals surface area contributed by atoms with Crippen LogP contribution in [0.15, 0.2) is 10.6 Å². The Labute approximate surface area is 95.3 Å². The fourth-order valence-corrected chi connectivity index (χ4v) is 2.14. The molecule has 7 heteroatoms. The first kappa shape index (κ1) is 13.1. The van der Waals surface area contributed by atoms with Crippen LogP contribution < -0.4 is 10.5 Å². The second-order valence-electron chi connectivity index (χ2n) is 3.36. The molecule has 0 spiro atoms. The average molecular weight is 247 g/mol. The van der Waals surface area contributed by atoms with E-state index >= 15 is 0 Å². The number of aromatic nitrogens is 1. The van der Waals surface area contributed by atoms with Crippen molar-refractivity contribution in [3.8, 4) is 0 Å². The minimum Gasteiger partial charge on any atom is -0.444 e. The Morgan fingerprint density at radius 2 is 2.31 bits per heavy atom. The maximum atomic E-state index is 11.4. The van der Waals surface area contributed by atoms with E-state index in [1.54, 1.807) is 6.20 Å². The van der Waals surface area contributed by atoms with Gasteiger partial charge in [-0.15, -0.1) is 0 Å². The topological polar surface area (TPSA) is 98.2 Å². The molecule has 0 aliphatic rings. The second-order valence-corrected chi connectivity index (χ2v) is 5.28. The number of nitrogens with two attached hydrogens (primary N) is 1. The molecule has 1 rings (SSSR count). The van der Waals surface area contributed by atoms with Crippen LogP contribution in [0, 0.1) is 0 Å². The van der Waals surface area contributed by atoms with E-state index < -0.39 is 10.0 Å². The third-order valence-electron chi connectivity index (χ3n) is 2.01. The molecule has 16 heavy (non-hydrogen) atoms. The number of hydrogen-bond donors (Lipinski definition) is 2. The molecule has 1 aromatic rings. The van der Waals surface area contributed by atoms with Gasteiger partial charge in [0.1, 0.15) is 5.76 Å². The molecule has 0 amide bonds. The highest BCUT2D eigenvalue weighted by atomic mass is 32.2. The Kier molecular flexibility index (Phi) is 4.91. The van der Waals surface area contributed by atoms with Gasteiger partial charge in [0, 0.05) is 6.42 Å². The molecule has 0 fully saturated rings. The lowest BCUT2D eigenvalue weighted by Crippen LogP contribution is -2.27. The number of sulfonamides is 1. The highest BCUT2D eigenvalue weighted by Crippen LogP contribution is 2.04. The van der Waals surface area contributed by atoms with Gasteiger partial charge in [-0.05, 0) is 13.0 Å². The predicted octanol–water partition coefficient (Wildman–Crippen LogP) is 0.00520. The van der Waals surface area contributed by atoms with E-state index in [0.717, 1.165) is 12.2 Å². The fourth-order valence-electron chi connectivity index (χ4n) is 1.11. The molecule has 3 N–H and O–H groups in total. The van der Waals surface area contributed by atoms with Crippen LogP contribution in [0.4, 0.5) is 0 Å². The van der Waals surface area contributed by atoms with Crippen molar-refractivity contribution in [1.82, 2.24) is 9.71 Å². The monoisotopic (exact) mass is 247 g/mol. The van der Waals surface area contributed by atoms with Gasteiger partial charge in [-0.25, -0.2) is 18.1 Å². The highest BCUT2D eigenvalue weighted by molar-refractivity contribution is 7.89. The van der Waals surface area contributed by atoms with Gasteiger partial charge in [-0.3, -0.25) is 0 Å². The lowest BCUT2D eigenvalue weighted by atomic mass is 10.4. The summed E-state index contributed by atoms with van der Waals surface area (Å²) >= 11 is 0. The van der Waals surface area contributed by atoms with E-state index in [-0.39, 0.29) is 12.3 Å². The van der Waals surface area contributed by atoms with Crippen LogP contribution in [0.5, 0.6) is 0 Å². The zero-order chi connectivity index (χ0) is 12.0. The zero-order valence-electron chi connectivity index (χ0n) is 9.27. The molecule has 0 aliphatic heterocycles. The first-order valence-electron chi connectivity index (χ1n) is 5.18. The van der Waals surface area contributed by atoms with E-state index in [1.807, 2.05) is 6.92 Å². The average Bonchev–Trinajstić information content (AvgIpc) is 2.72. The summed E-state index contributed by atoms with van der Waals surface area (Å²) in [6.07, 6.45) is 2.79. The van der Waals surface area contributed by atoms with Crippen molar-refractivity contribution in [1.29, 1.82) is 0 Å². The van der Waals surface area contributed by atoms with E-state index in [1.165, 1.54) is 0 Å². The SMILES string of the molecule is CCc1cnc(CNS(=O)(=O)CCCN)o1. The summed E-state index contributed by atoms with van der Waals surface area (Å²) in [5.41, 5.74) is 5.24. The molecule has 6 nitrogen and oxygen atoms in total. The number of oxazole rings is 1. The highest BCUT2D eigenvalue weighted by Gasteiger charge is 2.11. The van der Waals surface area contributed by atoms with E-state index in [4.69, 9.17) is 10.2 Å². The van der Waals surface area contributed by atoms with Gasteiger partial charge in [-0.2, -0.15) is 0 Å². The summed E-state index contributed by atoms with van der Waals surface area (Å²) in [5, 5.41) is 0. The molecule has 0 bridgehead atoms. The Morgan fingerprint density at radius 3 is 2.88 bits per heavy atom. The van der Waals surface area contributed by atoms with Crippen LogP contribution in [0.25, 0.3) is 0 Å². The molecule has 0 radical (unpaired) electrons. The quantitative estimate of drug-likeness (QED) is 0.707. The number of aryl methyl sites for hydroxylation is 1. The Hall–Kier alpha value is -0.920. The smallest absolute Gasteiger partial charge is 0.212 e. The van der Waals surface area contributed by atoms with Crippen LogP contribution in [0.3, 0.4) is 0 Å². The standard InChI is InChI=1S/C9H17N3O3S/c1-2-8-6-11-9(15-8)7-12-16(13,14)5-3-4-10/h6,12H,2-5,7,10H2,1H3. The first-order chi connectivity index (χ1) is 7.57. The largest absolute Gasteiger partial charge is 0.444 e. The third kappa shape index (κ3) is 4.30. The molecule has 0 atom stereocenters. The van der Waals surface area contributed by atoms with Gasteiger partial charge in [0.25, 0.3) is 0 Å². The minimum absolute atomic E-state index is 0.0326. The molecule has 1 heterocycles. The van der Waals surface area contributed by atoms with Crippen molar-refractivity contribution >= 4 is 10.0 Å². The van der Waals surface area contributed by atoms with Crippen molar-refractivity contribution < 1.29 is 12.8 Å². The van der Waals surface area contributed by atoms with Crippen molar-refractivity contribution in [3.63, 3.8) is 0 Å².